The van der Waals surface area contributed by atoms with Gasteiger partial charge in [-0.05, 0) is 57.4 Å². The van der Waals surface area contributed by atoms with Crippen LogP contribution in [0, 0.1) is 0 Å². The first-order valence-electron chi connectivity index (χ1n) is 7.23. The Morgan fingerprint density at radius 3 is 2.43 bits per heavy atom. The van der Waals surface area contributed by atoms with Gasteiger partial charge in [0, 0.05) is 4.47 Å². The smallest absolute Gasteiger partial charge is 0.267 e. The Morgan fingerprint density at radius 2 is 1.65 bits per heavy atom. The fraction of sp³-hybridized carbons (Fsp3) is 0.0526. The summed E-state index contributed by atoms with van der Waals surface area (Å²) in [6.07, 6.45) is 0. The van der Waals surface area contributed by atoms with E-state index in [9.17, 15) is 4.79 Å². The molecule has 0 aliphatic rings. The van der Waals surface area contributed by atoms with Crippen LogP contribution in [0.25, 0.3) is 10.8 Å². The molecule has 1 N–H and O–H groups in total. The third-order valence-corrected chi connectivity index (χ3v) is 4.30. The molecule has 23 heavy (non-hydrogen) atoms. The van der Waals surface area contributed by atoms with E-state index < -0.39 is 0 Å². The Hall–Kier alpha value is -2.46. The Labute approximate surface area is 143 Å². The van der Waals surface area contributed by atoms with E-state index in [1.807, 2.05) is 43.3 Å². The molecule has 0 bridgehead atoms. The van der Waals surface area contributed by atoms with Crippen LogP contribution in [0.15, 0.2) is 76.3 Å². The van der Waals surface area contributed by atoms with Crippen molar-refractivity contribution >= 4 is 38.3 Å². The van der Waals surface area contributed by atoms with Crippen molar-refractivity contribution < 1.29 is 4.79 Å². The molecular weight excluding hydrogens is 352 g/mol. The van der Waals surface area contributed by atoms with Gasteiger partial charge in [0.2, 0.25) is 0 Å². The maximum absolute atomic E-state index is 12.2. The van der Waals surface area contributed by atoms with Gasteiger partial charge < -0.3 is 0 Å². The minimum absolute atomic E-state index is 0.238. The zero-order chi connectivity index (χ0) is 16.2. The van der Waals surface area contributed by atoms with E-state index in [0.29, 0.717) is 5.56 Å². The van der Waals surface area contributed by atoms with E-state index in [1.165, 1.54) is 5.39 Å². The molecule has 0 aliphatic heterocycles. The Bertz CT molecular complexity index is 903. The van der Waals surface area contributed by atoms with Gasteiger partial charge in [0.15, 0.2) is 0 Å². The summed E-state index contributed by atoms with van der Waals surface area (Å²) in [5.74, 6) is -0.238. The lowest BCUT2D eigenvalue weighted by Gasteiger charge is -2.06. The SMILES string of the molecule is C/C(=N\NC(=O)c1ccccc1Br)c1ccc2ccccc2c1. The standard InChI is InChI=1S/C19H15BrN2O/c1-13(15-11-10-14-6-2-3-7-16(14)12-15)21-22-19(23)17-8-4-5-9-18(17)20/h2-12H,1H3,(H,22,23)/b21-13+. The van der Waals surface area contributed by atoms with Crippen LogP contribution < -0.4 is 5.43 Å². The highest BCUT2D eigenvalue weighted by Crippen LogP contribution is 2.17. The van der Waals surface area contributed by atoms with Crippen LogP contribution in [0.2, 0.25) is 0 Å². The molecule has 0 aliphatic carbocycles. The molecule has 0 aromatic heterocycles. The minimum atomic E-state index is -0.238. The van der Waals surface area contributed by atoms with Crippen molar-refractivity contribution in [3.63, 3.8) is 0 Å². The molecule has 0 saturated carbocycles. The molecule has 114 valence electrons. The van der Waals surface area contributed by atoms with Crippen LogP contribution in [-0.4, -0.2) is 11.6 Å². The quantitative estimate of drug-likeness (QED) is 0.527. The van der Waals surface area contributed by atoms with Crippen molar-refractivity contribution in [2.24, 2.45) is 5.10 Å². The van der Waals surface area contributed by atoms with Crippen molar-refractivity contribution in [3.05, 3.63) is 82.3 Å². The highest BCUT2D eigenvalue weighted by Gasteiger charge is 2.08. The van der Waals surface area contributed by atoms with E-state index in [1.54, 1.807) is 6.07 Å². The van der Waals surface area contributed by atoms with Crippen LogP contribution in [0.1, 0.15) is 22.8 Å². The second kappa shape index (κ2) is 6.75. The molecule has 4 heteroatoms. The number of nitrogens with zero attached hydrogens (tertiary/aromatic N) is 1. The third kappa shape index (κ3) is 3.48. The number of hydrazone groups is 1. The van der Waals surface area contributed by atoms with Crippen LogP contribution in [0.4, 0.5) is 0 Å². The van der Waals surface area contributed by atoms with Gasteiger partial charge in [0.05, 0.1) is 11.3 Å². The van der Waals surface area contributed by atoms with Gasteiger partial charge in [-0.15, -0.1) is 0 Å². The predicted molar refractivity (Wildman–Crippen MR) is 97.8 cm³/mol. The lowest BCUT2D eigenvalue weighted by molar-refractivity contribution is 0.0954. The number of hydrogen-bond donors (Lipinski definition) is 1. The van der Waals surface area contributed by atoms with Crippen molar-refractivity contribution in [1.29, 1.82) is 0 Å². The zero-order valence-corrected chi connectivity index (χ0v) is 14.2. The van der Waals surface area contributed by atoms with Crippen LogP contribution in [0.5, 0.6) is 0 Å². The second-order valence-electron chi connectivity index (χ2n) is 5.18. The summed E-state index contributed by atoms with van der Waals surface area (Å²) in [7, 11) is 0. The van der Waals surface area contributed by atoms with Gasteiger partial charge in [-0.25, -0.2) is 5.43 Å². The van der Waals surface area contributed by atoms with Gasteiger partial charge in [-0.3, -0.25) is 4.79 Å². The highest BCUT2D eigenvalue weighted by atomic mass is 79.9. The number of hydrogen-bond acceptors (Lipinski definition) is 2. The first-order chi connectivity index (χ1) is 11.1. The van der Waals surface area contributed by atoms with E-state index in [4.69, 9.17) is 0 Å². The number of nitrogens with one attached hydrogen (secondary N) is 1. The number of benzene rings is 3. The molecule has 0 atom stereocenters. The normalized spacial score (nSPS) is 11.5. The minimum Gasteiger partial charge on any atom is -0.267 e. The van der Waals surface area contributed by atoms with Gasteiger partial charge >= 0.3 is 0 Å². The Morgan fingerprint density at radius 1 is 0.957 bits per heavy atom. The van der Waals surface area contributed by atoms with Gasteiger partial charge in [-0.1, -0.05) is 48.5 Å². The van der Waals surface area contributed by atoms with Gasteiger partial charge in [0.25, 0.3) is 5.91 Å². The summed E-state index contributed by atoms with van der Waals surface area (Å²) in [5, 5.41) is 6.55. The molecule has 0 unspecified atom stereocenters. The van der Waals surface area contributed by atoms with Gasteiger partial charge in [0.1, 0.15) is 0 Å². The maximum Gasteiger partial charge on any atom is 0.272 e. The molecule has 3 rings (SSSR count). The predicted octanol–water partition coefficient (Wildman–Crippen LogP) is 4.76. The average Bonchev–Trinajstić information content (AvgIpc) is 2.59. The molecule has 3 aromatic rings. The summed E-state index contributed by atoms with van der Waals surface area (Å²) in [6, 6.07) is 21.5. The summed E-state index contributed by atoms with van der Waals surface area (Å²) in [6.45, 7) is 1.88. The monoisotopic (exact) mass is 366 g/mol. The number of carbonyl (C=O) groups excluding carboxylic acids is 1. The topological polar surface area (TPSA) is 41.5 Å². The average molecular weight is 367 g/mol. The van der Waals surface area contributed by atoms with Crippen LogP contribution >= 0.6 is 15.9 Å². The van der Waals surface area contributed by atoms with Crippen molar-refractivity contribution in [3.8, 4) is 0 Å². The number of fused-ring (bicyclic) bond motifs is 1. The highest BCUT2D eigenvalue weighted by molar-refractivity contribution is 9.10. The molecule has 3 aromatic carbocycles. The van der Waals surface area contributed by atoms with Crippen molar-refractivity contribution in [2.75, 3.05) is 0 Å². The summed E-state index contributed by atoms with van der Waals surface area (Å²) < 4.78 is 0.746. The Kier molecular flexibility index (Phi) is 4.53. The second-order valence-corrected chi connectivity index (χ2v) is 6.03. The number of halogens is 1. The first kappa shape index (κ1) is 15.4. The third-order valence-electron chi connectivity index (χ3n) is 3.61. The molecule has 3 nitrogen and oxygen atoms in total. The van der Waals surface area contributed by atoms with Crippen molar-refractivity contribution in [1.82, 2.24) is 5.43 Å². The van der Waals surface area contributed by atoms with E-state index in [-0.39, 0.29) is 5.91 Å². The fourth-order valence-electron chi connectivity index (χ4n) is 2.32. The molecule has 0 radical (unpaired) electrons. The van der Waals surface area contributed by atoms with Crippen molar-refractivity contribution in [2.45, 2.75) is 6.92 Å². The largest absolute Gasteiger partial charge is 0.272 e. The van der Waals surface area contributed by atoms with Crippen LogP contribution in [-0.2, 0) is 0 Å². The molecule has 0 fully saturated rings. The molecule has 0 spiro atoms. The number of rotatable bonds is 3. The lowest BCUT2D eigenvalue weighted by atomic mass is 10.0. The summed E-state index contributed by atoms with van der Waals surface area (Å²) in [4.78, 5) is 12.2. The lowest BCUT2D eigenvalue weighted by Crippen LogP contribution is -2.19. The summed E-state index contributed by atoms with van der Waals surface area (Å²) >= 11 is 3.37. The van der Waals surface area contributed by atoms with Crippen LogP contribution in [0.3, 0.4) is 0 Å². The summed E-state index contributed by atoms with van der Waals surface area (Å²) in [5.41, 5.74) is 4.91. The number of amides is 1. The molecule has 0 heterocycles. The van der Waals surface area contributed by atoms with E-state index in [0.717, 1.165) is 21.1 Å². The van der Waals surface area contributed by atoms with E-state index >= 15 is 0 Å². The first-order valence-corrected chi connectivity index (χ1v) is 8.03. The number of carbonyl (C=O) groups is 1. The van der Waals surface area contributed by atoms with Gasteiger partial charge in [-0.2, -0.15) is 5.10 Å². The molecular formula is C19H15BrN2O. The fourth-order valence-corrected chi connectivity index (χ4v) is 2.78. The molecule has 0 saturated heterocycles. The zero-order valence-electron chi connectivity index (χ0n) is 12.6. The Balaban J connectivity index is 1.81. The maximum atomic E-state index is 12.2. The molecule has 1 amide bonds. The van der Waals surface area contributed by atoms with E-state index in [2.05, 4.69) is 50.7 Å².